The van der Waals surface area contributed by atoms with E-state index < -0.39 is 0 Å². The molecule has 92 valence electrons. The Morgan fingerprint density at radius 2 is 2.28 bits per heavy atom. The fourth-order valence-electron chi connectivity index (χ4n) is 1.65. The van der Waals surface area contributed by atoms with Crippen LogP contribution in [-0.2, 0) is 6.42 Å². The largest absolute Gasteiger partial charge is 0.496 e. The normalized spacial score (nSPS) is 10.1. The summed E-state index contributed by atoms with van der Waals surface area (Å²) in [5.41, 5.74) is 2.12. The van der Waals surface area contributed by atoms with Crippen molar-refractivity contribution in [2.45, 2.75) is 13.3 Å². The third-order valence-electron chi connectivity index (χ3n) is 2.53. The molecule has 2 rings (SSSR count). The summed E-state index contributed by atoms with van der Waals surface area (Å²) in [6, 6.07) is 8.10. The standard InChI is InChI=1S/C13H11BrN2OS/c1-8-7-9(3-4-10(8)17-2)13-16-12(14)11(18-13)5-6-15/h3-4,7H,5H2,1-2H3. The lowest BCUT2D eigenvalue weighted by atomic mass is 10.1. The molecule has 0 aliphatic carbocycles. The van der Waals surface area contributed by atoms with Crippen molar-refractivity contribution in [2.75, 3.05) is 7.11 Å². The van der Waals surface area contributed by atoms with Gasteiger partial charge in [0.2, 0.25) is 0 Å². The molecule has 0 bridgehead atoms. The minimum Gasteiger partial charge on any atom is -0.496 e. The maximum Gasteiger partial charge on any atom is 0.124 e. The lowest BCUT2D eigenvalue weighted by molar-refractivity contribution is 0.412. The predicted octanol–water partition coefficient (Wildman–Crippen LogP) is 3.96. The van der Waals surface area contributed by atoms with E-state index in [-0.39, 0.29) is 0 Å². The molecule has 1 aromatic heterocycles. The van der Waals surface area contributed by atoms with Gasteiger partial charge in [0.25, 0.3) is 0 Å². The van der Waals surface area contributed by atoms with E-state index in [9.17, 15) is 0 Å². The zero-order chi connectivity index (χ0) is 13.1. The topological polar surface area (TPSA) is 45.9 Å². The average Bonchev–Trinajstić information content (AvgIpc) is 2.71. The summed E-state index contributed by atoms with van der Waals surface area (Å²) in [6.45, 7) is 2.00. The smallest absolute Gasteiger partial charge is 0.124 e. The second kappa shape index (κ2) is 5.51. The highest BCUT2D eigenvalue weighted by molar-refractivity contribution is 9.10. The Balaban J connectivity index is 2.40. The third kappa shape index (κ3) is 2.55. The molecule has 5 heteroatoms. The maximum atomic E-state index is 8.73. The Kier molecular flexibility index (Phi) is 4.00. The van der Waals surface area contributed by atoms with Gasteiger partial charge in [0.05, 0.1) is 24.5 Å². The number of nitriles is 1. The summed E-state index contributed by atoms with van der Waals surface area (Å²) in [5.74, 6) is 0.867. The molecular weight excluding hydrogens is 312 g/mol. The van der Waals surface area contributed by atoms with Gasteiger partial charge in [-0.25, -0.2) is 4.98 Å². The molecule has 0 unspecified atom stereocenters. The number of hydrogen-bond donors (Lipinski definition) is 0. The van der Waals surface area contributed by atoms with E-state index in [0.717, 1.165) is 31.4 Å². The van der Waals surface area contributed by atoms with Crippen LogP contribution in [0, 0.1) is 18.3 Å². The number of rotatable bonds is 3. The molecular formula is C13H11BrN2OS. The molecule has 0 spiro atoms. The van der Waals surface area contributed by atoms with E-state index in [0.29, 0.717) is 6.42 Å². The molecule has 0 saturated heterocycles. The minimum atomic E-state index is 0.382. The van der Waals surface area contributed by atoms with E-state index in [1.54, 1.807) is 7.11 Å². The Labute approximate surface area is 118 Å². The van der Waals surface area contributed by atoms with Gasteiger partial charge in [-0.05, 0) is 46.6 Å². The molecule has 1 aromatic carbocycles. The number of benzene rings is 1. The van der Waals surface area contributed by atoms with Crippen molar-refractivity contribution in [1.29, 1.82) is 5.26 Å². The quantitative estimate of drug-likeness (QED) is 0.859. The first-order valence-corrected chi connectivity index (χ1v) is 6.94. The van der Waals surface area contributed by atoms with E-state index in [1.165, 1.54) is 11.3 Å². The number of methoxy groups -OCH3 is 1. The van der Waals surface area contributed by atoms with E-state index in [2.05, 4.69) is 27.0 Å². The van der Waals surface area contributed by atoms with E-state index in [1.807, 2.05) is 25.1 Å². The second-order valence-electron chi connectivity index (χ2n) is 3.75. The van der Waals surface area contributed by atoms with Crippen LogP contribution in [-0.4, -0.2) is 12.1 Å². The lowest BCUT2D eigenvalue weighted by Gasteiger charge is -2.05. The van der Waals surface area contributed by atoms with Crippen molar-refractivity contribution in [2.24, 2.45) is 0 Å². The number of aryl methyl sites for hydroxylation is 1. The first-order valence-electron chi connectivity index (χ1n) is 5.33. The molecule has 0 fully saturated rings. The van der Waals surface area contributed by atoms with Gasteiger partial charge in [0.15, 0.2) is 0 Å². The van der Waals surface area contributed by atoms with Crippen LogP contribution >= 0.6 is 27.3 Å². The molecule has 0 N–H and O–H groups in total. The summed E-state index contributed by atoms with van der Waals surface area (Å²) in [5, 5.41) is 9.64. The number of nitrogens with zero attached hydrogens (tertiary/aromatic N) is 2. The third-order valence-corrected chi connectivity index (χ3v) is 4.55. The van der Waals surface area contributed by atoms with E-state index in [4.69, 9.17) is 10.00 Å². The van der Waals surface area contributed by atoms with Gasteiger partial charge in [-0.15, -0.1) is 11.3 Å². The molecule has 2 aromatic rings. The Hall–Kier alpha value is -1.38. The van der Waals surface area contributed by atoms with Gasteiger partial charge < -0.3 is 4.74 Å². The molecule has 0 aliphatic rings. The number of thiazole rings is 1. The Bertz CT molecular complexity index is 616. The van der Waals surface area contributed by atoms with Crippen molar-refractivity contribution >= 4 is 27.3 Å². The van der Waals surface area contributed by atoms with Gasteiger partial charge >= 0.3 is 0 Å². The predicted molar refractivity (Wildman–Crippen MR) is 75.9 cm³/mol. The van der Waals surface area contributed by atoms with Crippen LogP contribution in [0.15, 0.2) is 22.8 Å². The summed E-state index contributed by atoms with van der Waals surface area (Å²) in [4.78, 5) is 5.40. The minimum absolute atomic E-state index is 0.382. The van der Waals surface area contributed by atoms with Crippen molar-refractivity contribution in [3.05, 3.63) is 33.2 Å². The van der Waals surface area contributed by atoms with Crippen LogP contribution in [0.25, 0.3) is 10.6 Å². The maximum absolute atomic E-state index is 8.73. The fraction of sp³-hybridized carbons (Fsp3) is 0.231. The van der Waals surface area contributed by atoms with Crippen molar-refractivity contribution in [3.8, 4) is 22.4 Å². The van der Waals surface area contributed by atoms with Crippen molar-refractivity contribution < 1.29 is 4.74 Å². The van der Waals surface area contributed by atoms with Gasteiger partial charge in [-0.1, -0.05) is 0 Å². The van der Waals surface area contributed by atoms with Crippen LogP contribution < -0.4 is 4.74 Å². The Morgan fingerprint density at radius 1 is 1.50 bits per heavy atom. The van der Waals surface area contributed by atoms with Crippen molar-refractivity contribution in [3.63, 3.8) is 0 Å². The first-order chi connectivity index (χ1) is 8.65. The van der Waals surface area contributed by atoms with Crippen molar-refractivity contribution in [1.82, 2.24) is 4.98 Å². The summed E-state index contributed by atoms with van der Waals surface area (Å²) in [6.07, 6.45) is 0.382. The monoisotopic (exact) mass is 322 g/mol. The SMILES string of the molecule is COc1ccc(-c2nc(Br)c(CC#N)s2)cc1C. The second-order valence-corrected chi connectivity index (χ2v) is 5.59. The highest BCUT2D eigenvalue weighted by Gasteiger charge is 2.11. The molecule has 3 nitrogen and oxygen atoms in total. The first kappa shape index (κ1) is 13.1. The van der Waals surface area contributed by atoms with E-state index >= 15 is 0 Å². The van der Waals surface area contributed by atoms with Crippen LogP contribution in [0.5, 0.6) is 5.75 Å². The molecule has 1 heterocycles. The van der Waals surface area contributed by atoms with Crippen LogP contribution in [0.2, 0.25) is 0 Å². The van der Waals surface area contributed by atoms with Gasteiger partial charge in [-0.3, -0.25) is 0 Å². The van der Waals surface area contributed by atoms with Gasteiger partial charge in [0, 0.05) is 5.56 Å². The highest BCUT2D eigenvalue weighted by Crippen LogP contribution is 2.33. The lowest BCUT2D eigenvalue weighted by Crippen LogP contribution is -1.87. The number of hydrogen-bond acceptors (Lipinski definition) is 4. The number of aromatic nitrogens is 1. The van der Waals surface area contributed by atoms with Crippen LogP contribution in [0.1, 0.15) is 10.4 Å². The zero-order valence-electron chi connectivity index (χ0n) is 10.0. The number of halogens is 1. The van der Waals surface area contributed by atoms with Gasteiger partial charge in [-0.2, -0.15) is 5.26 Å². The molecule has 0 radical (unpaired) electrons. The fourth-order valence-corrected chi connectivity index (χ4v) is 3.21. The zero-order valence-corrected chi connectivity index (χ0v) is 12.4. The molecule has 18 heavy (non-hydrogen) atoms. The van der Waals surface area contributed by atoms with Crippen LogP contribution in [0.3, 0.4) is 0 Å². The molecule has 0 amide bonds. The summed E-state index contributed by atoms with van der Waals surface area (Å²) >= 11 is 4.92. The highest BCUT2D eigenvalue weighted by atomic mass is 79.9. The average molecular weight is 323 g/mol. The van der Waals surface area contributed by atoms with Gasteiger partial charge in [0.1, 0.15) is 15.4 Å². The molecule has 0 atom stereocenters. The van der Waals surface area contributed by atoms with Crippen LogP contribution in [0.4, 0.5) is 0 Å². The number of ether oxygens (including phenoxy) is 1. The molecule has 0 aliphatic heterocycles. The molecule has 0 saturated carbocycles. The summed E-state index contributed by atoms with van der Waals surface area (Å²) < 4.78 is 6.00. The Morgan fingerprint density at radius 3 is 2.89 bits per heavy atom. The summed E-state index contributed by atoms with van der Waals surface area (Å²) in [7, 11) is 1.66.